The monoisotopic (exact) mass is 681 g/mol. The van der Waals surface area contributed by atoms with E-state index < -0.39 is 5.41 Å². The highest BCUT2D eigenvalue weighted by molar-refractivity contribution is 6.07. The van der Waals surface area contributed by atoms with Gasteiger partial charge in [0.2, 0.25) is 0 Å². The van der Waals surface area contributed by atoms with Crippen molar-refractivity contribution in [2.45, 2.75) is 71.8 Å². The van der Waals surface area contributed by atoms with Crippen LogP contribution in [0.3, 0.4) is 0 Å². The fourth-order valence-electron chi connectivity index (χ4n) is 10.0. The zero-order valence-electron chi connectivity index (χ0n) is 29.8. The number of aromatic hydroxyl groups is 1. The van der Waals surface area contributed by atoms with Gasteiger partial charge in [-0.15, -0.1) is 0 Å². The molecule has 0 radical (unpaired) electrons. The van der Waals surface area contributed by atoms with Gasteiger partial charge in [0.15, 0.2) is 0 Å². The van der Waals surface area contributed by atoms with Crippen LogP contribution in [0, 0.1) is 29.1 Å². The molecule has 1 saturated carbocycles. The Bertz CT molecular complexity index is 2020. The number of esters is 2. The molecule has 2 aliphatic heterocycles. The summed E-state index contributed by atoms with van der Waals surface area (Å²) in [5, 5.41) is 14.3. The van der Waals surface area contributed by atoms with Crippen LogP contribution in [0.2, 0.25) is 0 Å². The fourth-order valence-corrected chi connectivity index (χ4v) is 10.0. The van der Waals surface area contributed by atoms with Crippen LogP contribution in [0.1, 0.15) is 75.5 Å². The van der Waals surface area contributed by atoms with Gasteiger partial charge in [-0.2, -0.15) is 0 Å². The lowest BCUT2D eigenvalue weighted by Gasteiger charge is -2.56. The van der Waals surface area contributed by atoms with Crippen LogP contribution in [0.4, 0.5) is 0 Å². The lowest BCUT2D eigenvalue weighted by Crippen LogP contribution is -2.52. The summed E-state index contributed by atoms with van der Waals surface area (Å²) in [5.41, 5.74) is 7.92. The zero-order chi connectivity index (χ0) is 35.3. The molecule has 6 aliphatic rings. The Hall–Kier alpha value is -4.68. The van der Waals surface area contributed by atoms with Crippen LogP contribution in [-0.2, 0) is 32.0 Å². The van der Waals surface area contributed by atoms with Gasteiger partial charge in [-0.05, 0) is 133 Å². The van der Waals surface area contributed by atoms with Crippen molar-refractivity contribution in [3.63, 3.8) is 0 Å². The van der Waals surface area contributed by atoms with E-state index in [1.54, 1.807) is 6.07 Å². The molecular formula is C45H47NO5. The van der Waals surface area contributed by atoms with Crippen molar-refractivity contribution in [1.82, 2.24) is 5.32 Å². The minimum atomic E-state index is -0.799. The Labute approximate surface area is 301 Å². The lowest BCUT2D eigenvalue weighted by atomic mass is 9.44. The second-order valence-corrected chi connectivity index (χ2v) is 15.0. The molecule has 0 amide bonds. The number of hydrogen-bond donors (Lipinski definition) is 2. The minimum absolute atomic E-state index is 0.0247. The van der Waals surface area contributed by atoms with Crippen LogP contribution >= 0.6 is 0 Å². The van der Waals surface area contributed by atoms with Gasteiger partial charge in [0.25, 0.3) is 0 Å². The molecular weight excluding hydrogens is 634 g/mol. The number of cyclic esters (lactones) is 2. The molecule has 0 aromatic heterocycles. The summed E-state index contributed by atoms with van der Waals surface area (Å²) in [5.74, 6) is 1.05. The van der Waals surface area contributed by atoms with Crippen LogP contribution in [-0.4, -0.2) is 24.1 Å². The predicted molar refractivity (Wildman–Crippen MR) is 199 cm³/mol. The molecule has 2 bridgehead atoms. The lowest BCUT2D eigenvalue weighted by molar-refractivity contribution is -0.135. The van der Waals surface area contributed by atoms with Crippen molar-refractivity contribution in [2.75, 3.05) is 7.05 Å². The molecule has 2 heterocycles. The number of carbonyl (C=O) groups excluding carboxylic acids is 2. The Morgan fingerprint density at radius 3 is 2.53 bits per heavy atom. The first-order valence-electron chi connectivity index (χ1n) is 18.8. The summed E-state index contributed by atoms with van der Waals surface area (Å²) in [6, 6.07) is 24.5. The van der Waals surface area contributed by atoms with Crippen molar-refractivity contribution in [3.8, 4) is 16.9 Å². The van der Waals surface area contributed by atoms with Crippen molar-refractivity contribution in [2.24, 2.45) is 29.1 Å². The van der Waals surface area contributed by atoms with E-state index in [4.69, 9.17) is 9.47 Å². The fraction of sp³-hybridized carbons (Fsp3) is 0.378. The van der Waals surface area contributed by atoms with Crippen LogP contribution < -0.4 is 5.32 Å². The molecule has 2 fully saturated rings. The molecule has 1 spiro atoms. The Kier molecular flexibility index (Phi) is 8.83. The molecule has 9 rings (SSSR count). The van der Waals surface area contributed by atoms with Crippen molar-refractivity contribution < 1.29 is 24.2 Å². The molecule has 262 valence electrons. The maximum Gasteiger partial charge on any atom is 0.340 e. The van der Waals surface area contributed by atoms with Crippen molar-refractivity contribution >= 4 is 17.5 Å². The summed E-state index contributed by atoms with van der Waals surface area (Å²) in [6.07, 6.45) is 11.1. The average molecular weight is 682 g/mol. The standard InChI is InChI=1S/C45H47NO5/c1-4-6-15-37-35-19-18-34-33-20-21-45(41(34)40(35)43(48)50-37)38(24-27(5-2)22-28-11-8-7-9-12-28)51-44(49)42(45)39(33)36-25-31(47)16-17-32(36)30-14-10-13-29(23-30)26-46-3/h7-17,23-25,27,33-34,41,46-47H,4-6,18-22,26H2,1-3H3/b37-15-,38-24-/t27-,33-,34+,41-,45-/m1/s1. The molecule has 3 aromatic carbocycles. The third-order valence-electron chi connectivity index (χ3n) is 12.1. The van der Waals surface area contributed by atoms with Gasteiger partial charge < -0.3 is 19.9 Å². The van der Waals surface area contributed by atoms with E-state index in [-0.39, 0.29) is 41.4 Å². The zero-order valence-corrected chi connectivity index (χ0v) is 29.8. The van der Waals surface area contributed by atoms with E-state index in [9.17, 15) is 14.7 Å². The van der Waals surface area contributed by atoms with Crippen LogP contribution in [0.25, 0.3) is 16.7 Å². The molecule has 51 heavy (non-hydrogen) atoms. The molecule has 4 aliphatic carbocycles. The number of benzene rings is 3. The molecule has 6 heteroatoms. The third kappa shape index (κ3) is 5.50. The Balaban J connectivity index is 1.36. The predicted octanol–water partition coefficient (Wildman–Crippen LogP) is 9.22. The number of phenolic OH excluding ortho intramolecular Hbond substituents is 1. The molecule has 6 nitrogen and oxygen atoms in total. The summed E-state index contributed by atoms with van der Waals surface area (Å²) in [4.78, 5) is 28.6. The van der Waals surface area contributed by atoms with Gasteiger partial charge in [0, 0.05) is 23.6 Å². The second-order valence-electron chi connectivity index (χ2n) is 15.0. The van der Waals surface area contributed by atoms with Gasteiger partial charge in [0.1, 0.15) is 17.3 Å². The van der Waals surface area contributed by atoms with E-state index in [1.807, 2.05) is 25.2 Å². The van der Waals surface area contributed by atoms with Gasteiger partial charge >= 0.3 is 11.9 Å². The number of rotatable bonds is 10. The smallest absolute Gasteiger partial charge is 0.340 e. The summed E-state index contributed by atoms with van der Waals surface area (Å²) >= 11 is 0. The Morgan fingerprint density at radius 2 is 1.75 bits per heavy atom. The van der Waals surface area contributed by atoms with Gasteiger partial charge in [-0.1, -0.05) is 74.9 Å². The van der Waals surface area contributed by atoms with Gasteiger partial charge in [-0.25, -0.2) is 9.59 Å². The highest BCUT2D eigenvalue weighted by Gasteiger charge is 2.68. The van der Waals surface area contributed by atoms with Crippen LogP contribution in [0.15, 0.2) is 113 Å². The summed E-state index contributed by atoms with van der Waals surface area (Å²) in [7, 11) is 1.94. The number of nitrogens with one attached hydrogen (secondary N) is 1. The van der Waals surface area contributed by atoms with E-state index >= 15 is 0 Å². The number of allylic oxidation sites excluding steroid dienone is 5. The number of phenols is 1. The number of carbonyl (C=O) groups is 2. The highest BCUT2D eigenvalue weighted by atomic mass is 16.5. The summed E-state index contributed by atoms with van der Waals surface area (Å²) in [6.45, 7) is 5.04. The third-order valence-corrected chi connectivity index (χ3v) is 12.1. The van der Waals surface area contributed by atoms with E-state index in [0.29, 0.717) is 17.1 Å². The highest BCUT2D eigenvalue weighted by Crippen LogP contribution is 2.72. The van der Waals surface area contributed by atoms with Gasteiger partial charge in [0.05, 0.1) is 11.0 Å². The normalized spacial score (nSPS) is 27.1. The summed E-state index contributed by atoms with van der Waals surface area (Å²) < 4.78 is 12.5. The quantitative estimate of drug-likeness (QED) is 0.208. The first-order valence-corrected chi connectivity index (χ1v) is 18.8. The maximum absolute atomic E-state index is 14.6. The minimum Gasteiger partial charge on any atom is -0.508 e. The number of unbranched alkanes of at least 4 members (excludes halogenated alkanes) is 1. The molecule has 0 unspecified atom stereocenters. The maximum atomic E-state index is 14.6. The van der Waals surface area contributed by atoms with Crippen LogP contribution in [0.5, 0.6) is 5.75 Å². The van der Waals surface area contributed by atoms with Gasteiger partial charge in [-0.3, -0.25) is 0 Å². The first kappa shape index (κ1) is 33.5. The van der Waals surface area contributed by atoms with Crippen molar-refractivity contribution in [1.29, 1.82) is 0 Å². The Morgan fingerprint density at radius 1 is 0.922 bits per heavy atom. The van der Waals surface area contributed by atoms with E-state index in [2.05, 4.69) is 79.8 Å². The first-order chi connectivity index (χ1) is 24.9. The number of hydrogen-bond acceptors (Lipinski definition) is 6. The van der Waals surface area contributed by atoms with E-state index in [0.717, 1.165) is 96.9 Å². The second kappa shape index (κ2) is 13.5. The van der Waals surface area contributed by atoms with Crippen molar-refractivity contribution in [3.05, 3.63) is 130 Å². The number of ether oxygens (including phenoxy) is 2. The molecule has 1 saturated heterocycles. The average Bonchev–Trinajstić information content (AvgIpc) is 3.63. The largest absolute Gasteiger partial charge is 0.508 e. The van der Waals surface area contributed by atoms with E-state index in [1.165, 1.54) is 5.56 Å². The molecule has 3 aromatic rings. The molecule has 2 N–H and O–H groups in total. The SMILES string of the molecule is CCC/C=C1\OC(=O)C2=C1CC[C@H]1[C@H]3CC[C@]4(C(=C3c3cc(O)ccc3-c3cccc(CNC)c3)C(=O)O/C4=C\[C@H](CC)Cc3ccccc3)[C@@H]21. The topological polar surface area (TPSA) is 84.9 Å². The number of fused-ring (bicyclic) bond motifs is 1. The molecule has 5 atom stereocenters.